The summed E-state index contributed by atoms with van der Waals surface area (Å²) < 4.78 is 6.04. The van der Waals surface area contributed by atoms with Gasteiger partial charge in [-0.2, -0.15) is 0 Å². The summed E-state index contributed by atoms with van der Waals surface area (Å²) in [6.45, 7) is 4.75. The van der Waals surface area contributed by atoms with Gasteiger partial charge in [0.1, 0.15) is 5.60 Å². The minimum absolute atomic E-state index is 0.0860. The van der Waals surface area contributed by atoms with Gasteiger partial charge in [-0.15, -0.1) is 0 Å². The average Bonchev–Trinajstić information content (AvgIpc) is 2.64. The standard InChI is InChI=1S/C23H42O3/c1-3-8-19-14-16-23(2,17-15-19)26-22(25)21-12-10-20(11-13-21)9-6-4-5-7-18-24/h19-21,24H,3-18H2,1-2H3. The Labute approximate surface area is 161 Å². The molecule has 0 bridgehead atoms. The van der Waals surface area contributed by atoms with Gasteiger partial charge in [-0.3, -0.25) is 4.79 Å². The topological polar surface area (TPSA) is 46.5 Å². The second-order valence-corrected chi connectivity index (χ2v) is 9.25. The van der Waals surface area contributed by atoms with E-state index in [4.69, 9.17) is 9.84 Å². The maximum atomic E-state index is 12.7. The monoisotopic (exact) mass is 366 g/mol. The summed E-state index contributed by atoms with van der Waals surface area (Å²) in [5, 5.41) is 8.82. The van der Waals surface area contributed by atoms with Crippen LogP contribution < -0.4 is 0 Å². The number of esters is 1. The molecule has 0 heterocycles. The predicted octanol–water partition coefficient (Wildman–Crippen LogP) is 6.03. The summed E-state index contributed by atoms with van der Waals surface area (Å²) in [5.41, 5.74) is -0.203. The number of carbonyl (C=O) groups excluding carboxylic acids is 1. The Hall–Kier alpha value is -0.570. The molecule has 152 valence electrons. The van der Waals surface area contributed by atoms with E-state index in [-0.39, 0.29) is 17.5 Å². The Morgan fingerprint density at radius 3 is 2.15 bits per heavy atom. The van der Waals surface area contributed by atoms with Gasteiger partial charge in [0, 0.05) is 6.61 Å². The average molecular weight is 367 g/mol. The summed E-state index contributed by atoms with van der Waals surface area (Å²) in [6.07, 6.45) is 17.5. The number of aliphatic hydroxyl groups is 1. The highest BCUT2D eigenvalue weighted by Gasteiger charge is 2.37. The van der Waals surface area contributed by atoms with E-state index in [9.17, 15) is 4.79 Å². The number of carbonyl (C=O) groups is 1. The molecule has 2 aliphatic carbocycles. The summed E-state index contributed by atoms with van der Waals surface area (Å²) in [4.78, 5) is 12.7. The molecule has 2 aliphatic rings. The molecule has 0 spiro atoms. The molecule has 1 N–H and O–H groups in total. The zero-order valence-corrected chi connectivity index (χ0v) is 17.3. The first-order valence-electron chi connectivity index (χ1n) is 11.4. The van der Waals surface area contributed by atoms with Crippen LogP contribution in [0.5, 0.6) is 0 Å². The van der Waals surface area contributed by atoms with Gasteiger partial charge in [-0.1, -0.05) is 45.4 Å². The fraction of sp³-hybridized carbons (Fsp3) is 0.957. The normalized spacial score (nSPS) is 32.3. The number of unbranched alkanes of at least 4 members (excludes halogenated alkanes) is 3. The van der Waals surface area contributed by atoms with Crippen molar-refractivity contribution in [3.05, 3.63) is 0 Å². The molecular formula is C23H42O3. The van der Waals surface area contributed by atoms with Gasteiger partial charge in [-0.25, -0.2) is 0 Å². The van der Waals surface area contributed by atoms with Crippen LogP contribution in [0.1, 0.15) is 110 Å². The third-order valence-corrected chi connectivity index (χ3v) is 6.91. The second-order valence-electron chi connectivity index (χ2n) is 9.25. The van der Waals surface area contributed by atoms with Crippen molar-refractivity contribution in [2.24, 2.45) is 17.8 Å². The Bertz CT molecular complexity index is 390. The summed E-state index contributed by atoms with van der Waals surface area (Å²) in [7, 11) is 0. The molecule has 0 aromatic rings. The highest BCUT2D eigenvalue weighted by Crippen LogP contribution is 2.39. The zero-order chi connectivity index (χ0) is 18.8. The predicted molar refractivity (Wildman–Crippen MR) is 107 cm³/mol. The Kier molecular flexibility index (Phi) is 9.45. The van der Waals surface area contributed by atoms with Gasteiger partial charge in [-0.05, 0) is 76.5 Å². The van der Waals surface area contributed by atoms with Gasteiger partial charge >= 0.3 is 5.97 Å². The van der Waals surface area contributed by atoms with Gasteiger partial charge in [0.15, 0.2) is 0 Å². The molecule has 2 rings (SSSR count). The molecule has 0 aliphatic heterocycles. The van der Waals surface area contributed by atoms with Crippen LogP contribution in [0.2, 0.25) is 0 Å². The molecule has 0 radical (unpaired) electrons. The molecule has 0 saturated heterocycles. The van der Waals surface area contributed by atoms with Crippen LogP contribution in [0.3, 0.4) is 0 Å². The minimum Gasteiger partial charge on any atom is -0.459 e. The lowest BCUT2D eigenvalue weighted by molar-refractivity contribution is -0.168. The van der Waals surface area contributed by atoms with Gasteiger partial charge in [0.05, 0.1) is 5.92 Å². The van der Waals surface area contributed by atoms with E-state index in [0.717, 1.165) is 50.4 Å². The van der Waals surface area contributed by atoms with E-state index in [0.29, 0.717) is 6.61 Å². The minimum atomic E-state index is -0.203. The van der Waals surface area contributed by atoms with Gasteiger partial charge in [0.2, 0.25) is 0 Å². The van der Waals surface area contributed by atoms with Gasteiger partial charge in [0.25, 0.3) is 0 Å². The van der Waals surface area contributed by atoms with E-state index in [2.05, 4.69) is 13.8 Å². The molecular weight excluding hydrogens is 324 g/mol. The van der Waals surface area contributed by atoms with Crippen molar-refractivity contribution in [1.29, 1.82) is 0 Å². The molecule has 0 atom stereocenters. The van der Waals surface area contributed by atoms with E-state index < -0.39 is 0 Å². The van der Waals surface area contributed by atoms with Crippen LogP contribution in [0, 0.1) is 17.8 Å². The largest absolute Gasteiger partial charge is 0.459 e. The summed E-state index contributed by atoms with van der Waals surface area (Å²) in [6, 6.07) is 0. The molecule has 2 saturated carbocycles. The molecule has 0 unspecified atom stereocenters. The van der Waals surface area contributed by atoms with Crippen molar-refractivity contribution in [3.63, 3.8) is 0 Å². The number of rotatable bonds is 10. The maximum absolute atomic E-state index is 12.7. The summed E-state index contributed by atoms with van der Waals surface area (Å²) >= 11 is 0. The molecule has 26 heavy (non-hydrogen) atoms. The van der Waals surface area contributed by atoms with Crippen LogP contribution in [0.25, 0.3) is 0 Å². The van der Waals surface area contributed by atoms with Crippen LogP contribution in [-0.2, 0) is 9.53 Å². The lowest BCUT2D eigenvalue weighted by Gasteiger charge is -2.38. The quantitative estimate of drug-likeness (QED) is 0.379. The Morgan fingerprint density at radius 1 is 0.923 bits per heavy atom. The highest BCUT2D eigenvalue weighted by atomic mass is 16.6. The second kappa shape index (κ2) is 11.3. The van der Waals surface area contributed by atoms with Gasteiger partial charge < -0.3 is 9.84 Å². The first-order chi connectivity index (χ1) is 12.6. The van der Waals surface area contributed by atoms with Crippen LogP contribution in [-0.4, -0.2) is 23.3 Å². The Morgan fingerprint density at radius 2 is 1.54 bits per heavy atom. The summed E-state index contributed by atoms with van der Waals surface area (Å²) in [5.74, 6) is 1.88. The lowest BCUT2D eigenvalue weighted by Crippen LogP contribution is -2.38. The van der Waals surface area contributed by atoms with Crippen molar-refractivity contribution in [1.82, 2.24) is 0 Å². The lowest BCUT2D eigenvalue weighted by atomic mass is 9.77. The van der Waals surface area contributed by atoms with Crippen LogP contribution in [0.15, 0.2) is 0 Å². The van der Waals surface area contributed by atoms with E-state index in [1.807, 2.05) is 0 Å². The molecule has 0 aromatic carbocycles. The third kappa shape index (κ3) is 7.21. The fourth-order valence-electron chi connectivity index (χ4n) is 5.00. The third-order valence-electron chi connectivity index (χ3n) is 6.91. The molecule has 0 aromatic heterocycles. The molecule has 2 fully saturated rings. The van der Waals surface area contributed by atoms with Crippen molar-refractivity contribution < 1.29 is 14.6 Å². The van der Waals surface area contributed by atoms with Crippen LogP contribution in [0.4, 0.5) is 0 Å². The van der Waals surface area contributed by atoms with E-state index in [1.165, 1.54) is 57.8 Å². The van der Waals surface area contributed by atoms with Crippen LogP contribution >= 0.6 is 0 Å². The Balaban J connectivity index is 1.63. The van der Waals surface area contributed by atoms with Crippen molar-refractivity contribution >= 4 is 5.97 Å². The van der Waals surface area contributed by atoms with E-state index in [1.54, 1.807) is 0 Å². The first kappa shape index (κ1) is 21.7. The number of hydrogen-bond acceptors (Lipinski definition) is 3. The van der Waals surface area contributed by atoms with Crippen molar-refractivity contribution in [3.8, 4) is 0 Å². The number of hydrogen-bond donors (Lipinski definition) is 1. The maximum Gasteiger partial charge on any atom is 0.309 e. The smallest absolute Gasteiger partial charge is 0.309 e. The van der Waals surface area contributed by atoms with E-state index >= 15 is 0 Å². The fourth-order valence-corrected chi connectivity index (χ4v) is 5.00. The molecule has 0 amide bonds. The molecule has 3 heteroatoms. The van der Waals surface area contributed by atoms with Crippen molar-refractivity contribution in [2.75, 3.05) is 6.61 Å². The zero-order valence-electron chi connectivity index (χ0n) is 17.3. The number of ether oxygens (including phenoxy) is 1. The number of aliphatic hydroxyl groups excluding tert-OH is 1. The SMILES string of the molecule is CCCC1CCC(C)(OC(=O)C2CCC(CCCCCCO)CC2)CC1. The molecule has 3 nitrogen and oxygen atoms in total. The van der Waals surface area contributed by atoms with Crippen molar-refractivity contribution in [2.45, 2.75) is 116 Å². The first-order valence-corrected chi connectivity index (χ1v) is 11.4. The highest BCUT2D eigenvalue weighted by molar-refractivity contribution is 5.73.